The van der Waals surface area contributed by atoms with Gasteiger partial charge < -0.3 is 19.6 Å². The minimum atomic E-state index is 0.113. The molecule has 1 N–H and O–H groups in total. The van der Waals surface area contributed by atoms with E-state index in [1.54, 1.807) is 7.11 Å². The van der Waals surface area contributed by atoms with Crippen molar-refractivity contribution in [3.8, 4) is 0 Å². The van der Waals surface area contributed by atoms with Gasteiger partial charge >= 0.3 is 0 Å². The molecule has 0 saturated carbocycles. The van der Waals surface area contributed by atoms with E-state index in [9.17, 15) is 4.79 Å². The number of carbonyl (C=O) groups is 1. The van der Waals surface area contributed by atoms with E-state index in [-0.39, 0.29) is 18.4 Å². The van der Waals surface area contributed by atoms with Crippen LogP contribution in [0.25, 0.3) is 0 Å². The van der Waals surface area contributed by atoms with Gasteiger partial charge in [0.05, 0.1) is 6.61 Å². The Kier molecular flexibility index (Phi) is 5.73. The summed E-state index contributed by atoms with van der Waals surface area (Å²) >= 11 is 0. The highest BCUT2D eigenvalue weighted by atomic mass is 16.5. The molecule has 5 nitrogen and oxygen atoms in total. The zero-order chi connectivity index (χ0) is 12.0. The van der Waals surface area contributed by atoms with Crippen molar-refractivity contribution in [1.29, 1.82) is 0 Å². The fourth-order valence-electron chi connectivity index (χ4n) is 1.84. The van der Waals surface area contributed by atoms with Crippen molar-refractivity contribution in [1.82, 2.24) is 9.80 Å². The Morgan fingerprint density at radius 1 is 1.56 bits per heavy atom. The van der Waals surface area contributed by atoms with Crippen LogP contribution in [0.1, 0.15) is 6.42 Å². The van der Waals surface area contributed by atoms with Crippen LogP contribution in [0.15, 0.2) is 0 Å². The van der Waals surface area contributed by atoms with E-state index in [1.165, 1.54) is 0 Å². The molecule has 0 spiro atoms. The predicted molar refractivity (Wildman–Crippen MR) is 61.1 cm³/mol. The molecule has 0 aromatic heterocycles. The smallest absolute Gasteiger partial charge is 0.223 e. The summed E-state index contributed by atoms with van der Waals surface area (Å²) in [6, 6.07) is 0. The normalized spacial score (nSPS) is 21.1. The lowest BCUT2D eigenvalue weighted by Gasteiger charge is -2.21. The summed E-state index contributed by atoms with van der Waals surface area (Å²) in [7, 11) is 3.70. The molecule has 94 valence electrons. The molecule has 0 radical (unpaired) electrons. The molecule has 5 heteroatoms. The Balaban J connectivity index is 2.20. The minimum Gasteiger partial charge on any atom is -0.396 e. The standard InChI is InChI=1S/C11H22N2O3/c1-12(5-6-16-2)3-4-13-8-10(9-14)7-11(13)15/h10,14H,3-9H2,1-2H3. The Bertz CT molecular complexity index is 223. The summed E-state index contributed by atoms with van der Waals surface area (Å²) in [5.74, 6) is 0.302. The maximum atomic E-state index is 11.5. The third-order valence-corrected chi connectivity index (χ3v) is 2.98. The quantitative estimate of drug-likeness (QED) is 0.635. The zero-order valence-corrected chi connectivity index (χ0v) is 10.2. The lowest BCUT2D eigenvalue weighted by atomic mass is 10.1. The molecule has 1 heterocycles. The second-order valence-electron chi connectivity index (χ2n) is 4.39. The largest absolute Gasteiger partial charge is 0.396 e. The molecular formula is C11H22N2O3. The Morgan fingerprint density at radius 2 is 2.31 bits per heavy atom. The first-order chi connectivity index (χ1) is 7.67. The molecule has 1 fully saturated rings. The molecule has 1 unspecified atom stereocenters. The topological polar surface area (TPSA) is 53.0 Å². The highest BCUT2D eigenvalue weighted by Crippen LogP contribution is 2.16. The van der Waals surface area contributed by atoms with Crippen LogP contribution < -0.4 is 0 Å². The molecule has 0 aliphatic carbocycles. The molecular weight excluding hydrogens is 208 g/mol. The van der Waals surface area contributed by atoms with Gasteiger partial charge in [0.1, 0.15) is 0 Å². The van der Waals surface area contributed by atoms with Crippen LogP contribution in [0.3, 0.4) is 0 Å². The van der Waals surface area contributed by atoms with Crippen molar-refractivity contribution in [2.45, 2.75) is 6.42 Å². The van der Waals surface area contributed by atoms with Crippen LogP contribution in [0.5, 0.6) is 0 Å². The summed E-state index contributed by atoms with van der Waals surface area (Å²) in [6.45, 7) is 4.00. The number of amides is 1. The molecule has 1 amide bonds. The predicted octanol–water partition coefficient (Wildman–Crippen LogP) is -0.595. The number of methoxy groups -OCH3 is 1. The summed E-state index contributed by atoms with van der Waals surface area (Å²) in [5.41, 5.74) is 0. The number of hydrogen-bond acceptors (Lipinski definition) is 4. The van der Waals surface area contributed by atoms with E-state index in [4.69, 9.17) is 9.84 Å². The number of likely N-dealkylation sites (N-methyl/N-ethyl adjacent to an activating group) is 1. The summed E-state index contributed by atoms with van der Waals surface area (Å²) in [4.78, 5) is 15.5. The number of ether oxygens (including phenoxy) is 1. The summed E-state index contributed by atoms with van der Waals surface area (Å²) in [6.07, 6.45) is 0.498. The van der Waals surface area contributed by atoms with Crippen molar-refractivity contribution >= 4 is 5.91 Å². The van der Waals surface area contributed by atoms with Gasteiger partial charge in [-0.2, -0.15) is 0 Å². The maximum Gasteiger partial charge on any atom is 0.223 e. The van der Waals surface area contributed by atoms with Crippen LogP contribution in [-0.2, 0) is 9.53 Å². The monoisotopic (exact) mass is 230 g/mol. The third kappa shape index (κ3) is 4.08. The van der Waals surface area contributed by atoms with Gasteiger partial charge in [-0.15, -0.1) is 0 Å². The van der Waals surface area contributed by atoms with E-state index < -0.39 is 0 Å². The lowest BCUT2D eigenvalue weighted by molar-refractivity contribution is -0.127. The van der Waals surface area contributed by atoms with Crippen molar-refractivity contribution in [2.24, 2.45) is 5.92 Å². The van der Waals surface area contributed by atoms with Gasteiger partial charge in [0.15, 0.2) is 0 Å². The summed E-state index contributed by atoms with van der Waals surface area (Å²) in [5, 5.41) is 8.99. The third-order valence-electron chi connectivity index (χ3n) is 2.98. The van der Waals surface area contributed by atoms with Gasteiger partial charge in [-0.1, -0.05) is 0 Å². The van der Waals surface area contributed by atoms with E-state index in [0.717, 1.165) is 19.6 Å². The first kappa shape index (κ1) is 13.4. The fourth-order valence-corrected chi connectivity index (χ4v) is 1.84. The van der Waals surface area contributed by atoms with Gasteiger partial charge in [-0.05, 0) is 7.05 Å². The average Bonchev–Trinajstić information content (AvgIpc) is 2.64. The van der Waals surface area contributed by atoms with Crippen LogP contribution in [0, 0.1) is 5.92 Å². The molecule has 0 bridgehead atoms. The number of rotatable bonds is 7. The van der Waals surface area contributed by atoms with Crippen molar-refractivity contribution in [2.75, 3.05) is 53.6 Å². The Hall–Kier alpha value is -0.650. The number of aliphatic hydroxyl groups is 1. The zero-order valence-electron chi connectivity index (χ0n) is 10.2. The molecule has 1 atom stereocenters. The van der Waals surface area contributed by atoms with Crippen molar-refractivity contribution in [3.63, 3.8) is 0 Å². The van der Waals surface area contributed by atoms with Crippen molar-refractivity contribution in [3.05, 3.63) is 0 Å². The maximum absolute atomic E-state index is 11.5. The van der Waals surface area contributed by atoms with E-state index in [1.807, 2.05) is 11.9 Å². The lowest BCUT2D eigenvalue weighted by Crippen LogP contribution is -2.35. The van der Waals surface area contributed by atoms with Crippen LogP contribution in [-0.4, -0.2) is 74.4 Å². The number of nitrogens with zero attached hydrogens (tertiary/aromatic N) is 2. The van der Waals surface area contributed by atoms with E-state index in [2.05, 4.69) is 4.90 Å². The molecule has 0 aromatic carbocycles. The van der Waals surface area contributed by atoms with Gasteiger partial charge in [-0.3, -0.25) is 4.79 Å². The van der Waals surface area contributed by atoms with E-state index >= 15 is 0 Å². The Labute approximate surface area is 97.0 Å². The average molecular weight is 230 g/mol. The molecule has 1 aliphatic heterocycles. The van der Waals surface area contributed by atoms with Gasteiger partial charge in [0.25, 0.3) is 0 Å². The summed E-state index contributed by atoms with van der Waals surface area (Å²) < 4.78 is 4.98. The first-order valence-electron chi connectivity index (χ1n) is 5.73. The van der Waals surface area contributed by atoms with E-state index in [0.29, 0.717) is 19.6 Å². The number of hydrogen-bond donors (Lipinski definition) is 1. The molecule has 1 rings (SSSR count). The Morgan fingerprint density at radius 3 is 2.88 bits per heavy atom. The number of aliphatic hydroxyl groups excluding tert-OH is 1. The molecule has 1 aliphatic rings. The molecule has 0 aromatic rings. The van der Waals surface area contributed by atoms with Gasteiger partial charge in [-0.25, -0.2) is 0 Å². The number of carbonyl (C=O) groups excluding carboxylic acids is 1. The van der Waals surface area contributed by atoms with Crippen LogP contribution in [0.2, 0.25) is 0 Å². The highest BCUT2D eigenvalue weighted by molar-refractivity contribution is 5.78. The van der Waals surface area contributed by atoms with Crippen LogP contribution in [0.4, 0.5) is 0 Å². The molecule has 1 saturated heterocycles. The van der Waals surface area contributed by atoms with Gasteiger partial charge in [0, 0.05) is 52.2 Å². The second-order valence-corrected chi connectivity index (χ2v) is 4.39. The second kappa shape index (κ2) is 6.83. The molecule has 16 heavy (non-hydrogen) atoms. The van der Waals surface area contributed by atoms with Crippen molar-refractivity contribution < 1.29 is 14.6 Å². The minimum absolute atomic E-state index is 0.113. The van der Waals surface area contributed by atoms with Gasteiger partial charge in [0.2, 0.25) is 5.91 Å². The number of likely N-dealkylation sites (tertiary alicyclic amines) is 1. The SMILES string of the molecule is COCCN(C)CCN1CC(CO)CC1=O. The first-order valence-corrected chi connectivity index (χ1v) is 5.73. The fraction of sp³-hybridized carbons (Fsp3) is 0.909. The highest BCUT2D eigenvalue weighted by Gasteiger charge is 2.28. The van der Waals surface area contributed by atoms with Crippen LogP contribution >= 0.6 is 0 Å².